The second-order valence-electron chi connectivity index (χ2n) is 6.13. The molecule has 0 aliphatic rings. The highest BCUT2D eigenvalue weighted by Gasteiger charge is 2.34. The van der Waals surface area contributed by atoms with Crippen LogP contribution in [0, 0.1) is 6.92 Å². The van der Waals surface area contributed by atoms with Gasteiger partial charge in [0.25, 0.3) is 5.91 Å². The minimum atomic E-state index is -4.60. The van der Waals surface area contributed by atoms with Crippen molar-refractivity contribution in [3.8, 4) is 0 Å². The molecule has 7 heteroatoms. The molecule has 0 aromatic heterocycles. The maximum Gasteiger partial charge on any atom is 0.417 e. The van der Waals surface area contributed by atoms with E-state index < -0.39 is 23.2 Å². The minimum absolute atomic E-state index is 0.0430. The predicted octanol–water partition coefficient (Wildman–Crippen LogP) is 3.49. The lowest BCUT2D eigenvalue weighted by atomic mass is 10.1. The Kier molecular flexibility index (Phi) is 6.98. The minimum Gasteiger partial charge on any atom is -0.354 e. The highest BCUT2D eigenvalue weighted by atomic mass is 19.4. The van der Waals surface area contributed by atoms with Crippen molar-refractivity contribution in [1.82, 2.24) is 10.6 Å². The lowest BCUT2D eigenvalue weighted by Gasteiger charge is -2.13. The van der Waals surface area contributed by atoms with E-state index in [4.69, 9.17) is 0 Å². The summed E-state index contributed by atoms with van der Waals surface area (Å²) in [6, 6.07) is 12.5. The summed E-state index contributed by atoms with van der Waals surface area (Å²) in [5, 5.41) is 5.03. The Morgan fingerprint density at radius 1 is 0.926 bits per heavy atom. The molecular formula is C20H21F3N2O2. The van der Waals surface area contributed by atoms with Crippen LogP contribution >= 0.6 is 0 Å². The summed E-state index contributed by atoms with van der Waals surface area (Å²) in [7, 11) is 0. The van der Waals surface area contributed by atoms with Crippen molar-refractivity contribution in [1.29, 1.82) is 0 Å². The number of hydrogen-bond donors (Lipinski definition) is 2. The number of halogens is 3. The summed E-state index contributed by atoms with van der Waals surface area (Å²) in [6.45, 7) is 2.17. The first kappa shape index (κ1) is 20.5. The first-order valence-corrected chi connectivity index (χ1v) is 8.54. The average molecular weight is 378 g/mol. The predicted molar refractivity (Wildman–Crippen MR) is 96.3 cm³/mol. The van der Waals surface area contributed by atoms with Crippen LogP contribution in [0.1, 0.15) is 33.5 Å². The second-order valence-corrected chi connectivity index (χ2v) is 6.13. The number of benzene rings is 2. The molecule has 2 N–H and O–H groups in total. The van der Waals surface area contributed by atoms with Gasteiger partial charge >= 0.3 is 6.18 Å². The van der Waals surface area contributed by atoms with Crippen LogP contribution in [0.3, 0.4) is 0 Å². The number of amides is 2. The van der Waals surface area contributed by atoms with E-state index in [-0.39, 0.29) is 19.0 Å². The zero-order valence-electron chi connectivity index (χ0n) is 14.9. The second kappa shape index (κ2) is 9.21. The van der Waals surface area contributed by atoms with Crippen LogP contribution in [0.25, 0.3) is 0 Å². The van der Waals surface area contributed by atoms with Gasteiger partial charge in [-0.1, -0.05) is 42.0 Å². The third kappa shape index (κ3) is 6.44. The normalized spacial score (nSPS) is 11.1. The number of carbonyl (C=O) groups is 2. The highest BCUT2D eigenvalue weighted by Crippen LogP contribution is 2.31. The molecule has 0 heterocycles. The summed E-state index contributed by atoms with van der Waals surface area (Å²) < 4.78 is 38.7. The zero-order chi connectivity index (χ0) is 19.9. The van der Waals surface area contributed by atoms with Gasteiger partial charge in [-0.2, -0.15) is 13.2 Å². The third-order valence-electron chi connectivity index (χ3n) is 3.97. The van der Waals surface area contributed by atoms with Crippen molar-refractivity contribution < 1.29 is 22.8 Å². The van der Waals surface area contributed by atoms with Crippen molar-refractivity contribution in [2.45, 2.75) is 25.9 Å². The Morgan fingerprint density at radius 2 is 1.56 bits per heavy atom. The largest absolute Gasteiger partial charge is 0.417 e. The van der Waals surface area contributed by atoms with Crippen LogP contribution in [0.4, 0.5) is 13.2 Å². The molecule has 144 valence electrons. The molecule has 0 aliphatic carbocycles. The topological polar surface area (TPSA) is 58.2 Å². The molecule has 0 saturated carbocycles. The molecule has 2 amide bonds. The van der Waals surface area contributed by atoms with Crippen LogP contribution in [-0.2, 0) is 17.4 Å². The van der Waals surface area contributed by atoms with Gasteiger partial charge in [0.05, 0.1) is 11.1 Å². The van der Waals surface area contributed by atoms with E-state index in [9.17, 15) is 22.8 Å². The number of nitrogens with one attached hydrogen (secondary N) is 2. The van der Waals surface area contributed by atoms with Gasteiger partial charge in [0.2, 0.25) is 5.91 Å². The fourth-order valence-corrected chi connectivity index (χ4v) is 2.50. The van der Waals surface area contributed by atoms with E-state index in [0.717, 1.165) is 23.3 Å². The number of aryl methyl sites for hydroxylation is 2. The molecule has 0 spiro atoms. The molecule has 2 rings (SSSR count). The summed E-state index contributed by atoms with van der Waals surface area (Å²) in [4.78, 5) is 23.8. The maximum atomic E-state index is 12.9. The molecule has 0 unspecified atom stereocenters. The van der Waals surface area contributed by atoms with Gasteiger partial charge in [-0.3, -0.25) is 9.59 Å². The summed E-state index contributed by atoms with van der Waals surface area (Å²) in [6.07, 6.45) is -3.70. The van der Waals surface area contributed by atoms with Gasteiger partial charge in [-0.15, -0.1) is 0 Å². The summed E-state index contributed by atoms with van der Waals surface area (Å²) in [5.41, 5.74) is 0.777. The van der Waals surface area contributed by atoms with E-state index in [1.807, 2.05) is 31.2 Å². The van der Waals surface area contributed by atoms with Crippen molar-refractivity contribution in [3.63, 3.8) is 0 Å². The van der Waals surface area contributed by atoms with Crippen molar-refractivity contribution >= 4 is 11.8 Å². The van der Waals surface area contributed by atoms with Crippen molar-refractivity contribution in [2.24, 2.45) is 0 Å². The van der Waals surface area contributed by atoms with Crippen molar-refractivity contribution in [3.05, 3.63) is 70.8 Å². The van der Waals surface area contributed by atoms with Gasteiger partial charge in [-0.25, -0.2) is 0 Å². The molecule has 0 bridgehead atoms. The molecule has 2 aromatic carbocycles. The van der Waals surface area contributed by atoms with Crippen LogP contribution in [0.5, 0.6) is 0 Å². The third-order valence-corrected chi connectivity index (χ3v) is 3.97. The molecule has 27 heavy (non-hydrogen) atoms. The van der Waals surface area contributed by atoms with E-state index >= 15 is 0 Å². The number of rotatable bonds is 7. The molecule has 0 radical (unpaired) electrons. The fraction of sp³-hybridized carbons (Fsp3) is 0.300. The van der Waals surface area contributed by atoms with Crippen LogP contribution in [0.2, 0.25) is 0 Å². The van der Waals surface area contributed by atoms with Crippen LogP contribution in [-0.4, -0.2) is 24.9 Å². The Balaban J connectivity index is 1.74. The Labute approximate surface area is 155 Å². The standard InChI is InChI=1S/C20H21F3N2O2/c1-14-6-8-15(9-7-14)10-11-18(26)24-12-13-25-19(27)16-4-2-3-5-17(16)20(21,22)23/h2-9H,10-13H2,1H3,(H,24,26)(H,25,27). The number of carbonyl (C=O) groups excluding carboxylic acids is 2. The average Bonchev–Trinajstić information content (AvgIpc) is 2.64. The number of alkyl halides is 3. The monoisotopic (exact) mass is 378 g/mol. The summed E-state index contributed by atoms with van der Waals surface area (Å²) in [5.74, 6) is -1.00. The SMILES string of the molecule is Cc1ccc(CCC(=O)NCCNC(=O)c2ccccc2C(F)(F)F)cc1. The fourth-order valence-electron chi connectivity index (χ4n) is 2.50. The Morgan fingerprint density at radius 3 is 2.22 bits per heavy atom. The highest BCUT2D eigenvalue weighted by molar-refractivity contribution is 5.95. The smallest absolute Gasteiger partial charge is 0.354 e. The van der Waals surface area contributed by atoms with E-state index in [2.05, 4.69) is 10.6 Å². The molecule has 0 aliphatic heterocycles. The van der Waals surface area contributed by atoms with Crippen molar-refractivity contribution in [2.75, 3.05) is 13.1 Å². The number of hydrogen-bond acceptors (Lipinski definition) is 2. The van der Waals surface area contributed by atoms with Crippen LogP contribution in [0.15, 0.2) is 48.5 Å². The molecule has 4 nitrogen and oxygen atoms in total. The molecule has 0 atom stereocenters. The van der Waals surface area contributed by atoms with Gasteiger partial charge in [0.15, 0.2) is 0 Å². The van der Waals surface area contributed by atoms with E-state index in [1.54, 1.807) is 0 Å². The molecule has 0 saturated heterocycles. The Hall–Kier alpha value is -2.83. The van der Waals surface area contributed by atoms with Gasteiger partial charge in [0, 0.05) is 19.5 Å². The first-order chi connectivity index (χ1) is 12.8. The van der Waals surface area contributed by atoms with E-state index in [1.165, 1.54) is 12.1 Å². The quantitative estimate of drug-likeness (QED) is 0.725. The molecule has 2 aromatic rings. The Bertz CT molecular complexity index is 787. The lowest BCUT2D eigenvalue weighted by Crippen LogP contribution is -2.35. The zero-order valence-corrected chi connectivity index (χ0v) is 14.9. The van der Waals surface area contributed by atoms with Gasteiger partial charge in [-0.05, 0) is 31.0 Å². The summed E-state index contributed by atoms with van der Waals surface area (Å²) >= 11 is 0. The van der Waals surface area contributed by atoms with E-state index in [0.29, 0.717) is 12.8 Å². The maximum absolute atomic E-state index is 12.9. The first-order valence-electron chi connectivity index (χ1n) is 8.54. The van der Waals surface area contributed by atoms with Crippen LogP contribution < -0.4 is 10.6 Å². The molecular weight excluding hydrogens is 357 g/mol. The van der Waals surface area contributed by atoms with Gasteiger partial charge in [0.1, 0.15) is 0 Å². The van der Waals surface area contributed by atoms with Gasteiger partial charge < -0.3 is 10.6 Å². The molecule has 0 fully saturated rings. The lowest BCUT2D eigenvalue weighted by molar-refractivity contribution is -0.138.